The van der Waals surface area contributed by atoms with E-state index in [9.17, 15) is 9.18 Å². The van der Waals surface area contributed by atoms with Crippen LogP contribution >= 0.6 is 11.8 Å². The normalized spacial score (nSPS) is 13.2. The number of fused-ring (bicyclic) bond motifs is 1. The number of amides is 1. The van der Waals surface area contributed by atoms with Crippen LogP contribution in [0.3, 0.4) is 0 Å². The molecule has 1 aliphatic heterocycles. The molecular weight excluding hydrogens is 399 g/mol. The van der Waals surface area contributed by atoms with E-state index in [0.29, 0.717) is 24.5 Å². The van der Waals surface area contributed by atoms with Crippen LogP contribution in [0.1, 0.15) is 22.3 Å². The fourth-order valence-electron chi connectivity index (χ4n) is 3.44. The van der Waals surface area contributed by atoms with Crippen molar-refractivity contribution >= 4 is 29.0 Å². The van der Waals surface area contributed by atoms with E-state index in [2.05, 4.69) is 10.2 Å². The van der Waals surface area contributed by atoms with Crippen LogP contribution in [-0.4, -0.2) is 25.3 Å². The molecule has 6 heteroatoms. The second kappa shape index (κ2) is 9.22. The Hall–Kier alpha value is -2.99. The summed E-state index contributed by atoms with van der Waals surface area (Å²) < 4.78 is 19.2. The molecule has 0 aromatic heterocycles. The Morgan fingerprint density at radius 3 is 2.60 bits per heavy atom. The van der Waals surface area contributed by atoms with Gasteiger partial charge in [0.1, 0.15) is 11.6 Å². The molecule has 0 radical (unpaired) electrons. The lowest BCUT2D eigenvalue weighted by Crippen LogP contribution is -2.23. The highest BCUT2D eigenvalue weighted by molar-refractivity contribution is 7.98. The van der Waals surface area contributed by atoms with Crippen molar-refractivity contribution < 1.29 is 13.9 Å². The number of carbonyl (C=O) groups is 1. The smallest absolute Gasteiger partial charge is 0.251 e. The second-order valence-corrected chi connectivity index (χ2v) is 7.92. The molecule has 4 nitrogen and oxygen atoms in total. The van der Waals surface area contributed by atoms with E-state index in [1.807, 2.05) is 36.6 Å². The number of benzene rings is 3. The van der Waals surface area contributed by atoms with Crippen molar-refractivity contribution in [2.45, 2.75) is 17.9 Å². The van der Waals surface area contributed by atoms with Gasteiger partial charge in [0, 0.05) is 29.2 Å². The van der Waals surface area contributed by atoms with E-state index < -0.39 is 0 Å². The molecule has 1 amide bonds. The van der Waals surface area contributed by atoms with Crippen molar-refractivity contribution in [1.29, 1.82) is 0 Å². The summed E-state index contributed by atoms with van der Waals surface area (Å²) >= 11 is 1.69. The van der Waals surface area contributed by atoms with Gasteiger partial charge in [0.2, 0.25) is 0 Å². The van der Waals surface area contributed by atoms with Crippen LogP contribution in [0.5, 0.6) is 5.75 Å². The molecule has 1 N–H and O–H groups in total. The second-order valence-electron chi connectivity index (χ2n) is 7.04. The molecule has 154 valence electrons. The standard InChI is InChI=1S/C24H23FN2O2S/c1-30-21-10-3-17(4-11-21)16-26-24(28)18-5-12-22-23(15-18)29-14-2-13-27(22)20-8-6-19(25)7-9-20/h3-12,15H,2,13-14,16H2,1H3,(H,26,28). The molecule has 1 aliphatic rings. The average molecular weight is 423 g/mol. The Balaban J connectivity index is 1.51. The maximum atomic E-state index is 13.3. The molecule has 0 aliphatic carbocycles. The van der Waals surface area contributed by atoms with Crippen molar-refractivity contribution in [3.63, 3.8) is 0 Å². The molecule has 0 bridgehead atoms. The number of nitrogens with zero attached hydrogens (tertiary/aromatic N) is 1. The van der Waals surface area contributed by atoms with Crippen LogP contribution in [0.2, 0.25) is 0 Å². The van der Waals surface area contributed by atoms with E-state index >= 15 is 0 Å². The zero-order chi connectivity index (χ0) is 20.9. The number of hydrogen-bond acceptors (Lipinski definition) is 4. The maximum Gasteiger partial charge on any atom is 0.251 e. The Bertz CT molecular complexity index is 1020. The summed E-state index contributed by atoms with van der Waals surface area (Å²) in [6, 6.07) is 20.0. The fraction of sp³-hybridized carbons (Fsp3) is 0.208. The lowest BCUT2D eigenvalue weighted by molar-refractivity contribution is 0.0950. The van der Waals surface area contributed by atoms with E-state index in [-0.39, 0.29) is 11.7 Å². The summed E-state index contributed by atoms with van der Waals surface area (Å²) in [4.78, 5) is 16.0. The van der Waals surface area contributed by atoms with Crippen LogP contribution < -0.4 is 15.0 Å². The minimum Gasteiger partial charge on any atom is -0.491 e. The highest BCUT2D eigenvalue weighted by Crippen LogP contribution is 2.36. The number of carbonyl (C=O) groups excluding carboxylic acids is 1. The van der Waals surface area contributed by atoms with Crippen LogP contribution in [0.25, 0.3) is 0 Å². The third-order valence-corrected chi connectivity index (χ3v) is 5.79. The molecule has 0 fully saturated rings. The van der Waals surface area contributed by atoms with Gasteiger partial charge in [-0.05, 0) is 72.8 Å². The fourth-order valence-corrected chi connectivity index (χ4v) is 3.84. The summed E-state index contributed by atoms with van der Waals surface area (Å²) in [5.41, 5.74) is 3.38. The number of thioether (sulfide) groups is 1. The number of hydrogen-bond donors (Lipinski definition) is 1. The summed E-state index contributed by atoms with van der Waals surface area (Å²) in [6.07, 6.45) is 2.87. The zero-order valence-corrected chi connectivity index (χ0v) is 17.5. The number of halogens is 1. The Kier molecular flexibility index (Phi) is 6.23. The highest BCUT2D eigenvalue weighted by atomic mass is 32.2. The average Bonchev–Trinajstić information content (AvgIpc) is 3.00. The van der Waals surface area contributed by atoms with Crippen LogP contribution in [0, 0.1) is 5.82 Å². The van der Waals surface area contributed by atoms with Crippen molar-refractivity contribution in [1.82, 2.24) is 5.32 Å². The van der Waals surface area contributed by atoms with Gasteiger partial charge in [0.05, 0.1) is 12.3 Å². The van der Waals surface area contributed by atoms with E-state index in [1.165, 1.54) is 17.0 Å². The minimum atomic E-state index is -0.264. The van der Waals surface area contributed by atoms with Gasteiger partial charge >= 0.3 is 0 Å². The van der Waals surface area contributed by atoms with Gasteiger partial charge in [-0.25, -0.2) is 4.39 Å². The monoisotopic (exact) mass is 422 g/mol. The lowest BCUT2D eigenvalue weighted by Gasteiger charge is -2.24. The summed E-state index contributed by atoms with van der Waals surface area (Å²) in [6.45, 7) is 1.79. The summed E-state index contributed by atoms with van der Waals surface area (Å²) in [5, 5.41) is 2.97. The van der Waals surface area contributed by atoms with E-state index in [4.69, 9.17) is 4.74 Å². The van der Waals surface area contributed by atoms with Crippen molar-refractivity contribution in [2.75, 3.05) is 24.3 Å². The number of ether oxygens (including phenoxy) is 1. The van der Waals surface area contributed by atoms with Gasteiger partial charge in [0.15, 0.2) is 0 Å². The molecule has 0 saturated heterocycles. The van der Waals surface area contributed by atoms with Crippen LogP contribution in [-0.2, 0) is 6.54 Å². The van der Waals surface area contributed by atoms with Gasteiger partial charge in [0.25, 0.3) is 5.91 Å². The van der Waals surface area contributed by atoms with Crippen LogP contribution in [0.15, 0.2) is 71.6 Å². The molecule has 3 aromatic rings. The number of rotatable bonds is 5. The van der Waals surface area contributed by atoms with Gasteiger partial charge in [-0.1, -0.05) is 12.1 Å². The molecule has 30 heavy (non-hydrogen) atoms. The molecule has 0 spiro atoms. The van der Waals surface area contributed by atoms with Crippen molar-refractivity contribution in [3.8, 4) is 5.75 Å². The summed E-state index contributed by atoms with van der Waals surface area (Å²) in [5.74, 6) is 0.252. The van der Waals surface area contributed by atoms with E-state index in [1.54, 1.807) is 36.0 Å². The van der Waals surface area contributed by atoms with Gasteiger partial charge in [-0.15, -0.1) is 11.8 Å². The molecule has 0 atom stereocenters. The SMILES string of the molecule is CSc1ccc(CNC(=O)c2ccc3c(c2)OCCCN3c2ccc(F)cc2)cc1. The van der Waals surface area contributed by atoms with Crippen molar-refractivity contribution in [3.05, 3.63) is 83.7 Å². The molecule has 4 rings (SSSR count). The topological polar surface area (TPSA) is 41.6 Å². The maximum absolute atomic E-state index is 13.3. The zero-order valence-electron chi connectivity index (χ0n) is 16.7. The van der Waals surface area contributed by atoms with Gasteiger partial charge in [-0.2, -0.15) is 0 Å². The quantitative estimate of drug-likeness (QED) is 0.559. The first-order valence-electron chi connectivity index (χ1n) is 9.85. The molecule has 0 unspecified atom stereocenters. The molecule has 1 heterocycles. The Morgan fingerprint density at radius 1 is 1.10 bits per heavy atom. The van der Waals surface area contributed by atoms with E-state index in [0.717, 1.165) is 29.9 Å². The molecular formula is C24H23FN2O2S. The molecule has 3 aromatic carbocycles. The number of anilines is 2. The first-order valence-corrected chi connectivity index (χ1v) is 11.1. The molecule has 0 saturated carbocycles. The first-order chi connectivity index (χ1) is 14.6. The third-order valence-electron chi connectivity index (χ3n) is 5.05. The number of nitrogens with one attached hydrogen (secondary N) is 1. The van der Waals surface area contributed by atoms with Crippen molar-refractivity contribution in [2.24, 2.45) is 0 Å². The highest BCUT2D eigenvalue weighted by Gasteiger charge is 2.20. The van der Waals surface area contributed by atoms with Crippen LogP contribution in [0.4, 0.5) is 15.8 Å². The van der Waals surface area contributed by atoms with Gasteiger partial charge < -0.3 is 15.0 Å². The predicted octanol–water partition coefficient (Wildman–Crippen LogP) is 5.40. The minimum absolute atomic E-state index is 0.145. The van der Waals surface area contributed by atoms with Gasteiger partial charge in [-0.3, -0.25) is 4.79 Å². The summed E-state index contributed by atoms with van der Waals surface area (Å²) in [7, 11) is 0. The predicted molar refractivity (Wildman–Crippen MR) is 119 cm³/mol. The Labute approximate surface area is 180 Å². The third kappa shape index (κ3) is 4.60. The lowest BCUT2D eigenvalue weighted by atomic mass is 10.1. The largest absolute Gasteiger partial charge is 0.491 e. The Morgan fingerprint density at radius 2 is 1.87 bits per heavy atom. The first kappa shape index (κ1) is 20.3.